The number of ether oxygens (including phenoxy) is 2. The molecule has 0 saturated carbocycles. The number of methoxy groups -OCH3 is 2. The molecule has 4 aromatic rings. The van der Waals surface area contributed by atoms with Crippen molar-refractivity contribution in [3.63, 3.8) is 0 Å². The lowest BCUT2D eigenvalue weighted by atomic mass is 10.1. The van der Waals surface area contributed by atoms with E-state index >= 15 is 0 Å². The molecule has 0 fully saturated rings. The minimum Gasteiger partial charge on any atom is -0.497 e. The summed E-state index contributed by atoms with van der Waals surface area (Å²) < 4.78 is 10.5. The van der Waals surface area contributed by atoms with Crippen molar-refractivity contribution in [3.05, 3.63) is 70.0 Å². The molecule has 0 atom stereocenters. The van der Waals surface area contributed by atoms with Gasteiger partial charge in [0.2, 0.25) is 0 Å². The summed E-state index contributed by atoms with van der Waals surface area (Å²) >= 11 is 14.5. The van der Waals surface area contributed by atoms with Gasteiger partial charge in [0, 0.05) is 45.5 Å². The van der Waals surface area contributed by atoms with E-state index in [9.17, 15) is 0 Å². The summed E-state index contributed by atoms with van der Waals surface area (Å²) in [6, 6.07) is 15.7. The summed E-state index contributed by atoms with van der Waals surface area (Å²) in [6.45, 7) is 0. The van der Waals surface area contributed by atoms with Gasteiger partial charge >= 0.3 is 0 Å². The Bertz CT molecular complexity index is 1110. The van der Waals surface area contributed by atoms with Crippen molar-refractivity contribution in [2.45, 2.75) is 11.5 Å². The Balaban J connectivity index is 1.51. The van der Waals surface area contributed by atoms with Crippen LogP contribution < -0.4 is 9.47 Å². The second-order valence-electron chi connectivity index (χ2n) is 6.49. The minimum absolute atomic E-state index is 0.507. The van der Waals surface area contributed by atoms with Crippen LogP contribution >= 0.6 is 35.0 Å². The van der Waals surface area contributed by atoms with Gasteiger partial charge in [0.15, 0.2) is 0 Å². The van der Waals surface area contributed by atoms with Crippen molar-refractivity contribution in [1.29, 1.82) is 0 Å². The first kappa shape index (κ1) is 20.1. The molecule has 4 nitrogen and oxygen atoms in total. The fourth-order valence-electron chi connectivity index (χ4n) is 3.06. The average molecular weight is 445 g/mol. The first-order valence-corrected chi connectivity index (χ1v) is 10.8. The lowest BCUT2D eigenvalue weighted by molar-refractivity contribution is 0.415. The number of rotatable bonds is 6. The average Bonchev–Trinajstić information content (AvgIpc) is 2.73. The van der Waals surface area contributed by atoms with Gasteiger partial charge < -0.3 is 9.47 Å². The fraction of sp³-hybridized carbons (Fsp3) is 0.182. The Morgan fingerprint density at radius 3 is 1.59 bits per heavy atom. The number of fused-ring (bicyclic) bond motifs is 2. The van der Waals surface area contributed by atoms with Crippen LogP contribution in [0.1, 0.15) is 11.1 Å². The summed E-state index contributed by atoms with van der Waals surface area (Å²) in [6.07, 6.45) is 0. The summed E-state index contributed by atoms with van der Waals surface area (Å²) in [4.78, 5) is 9.01. The second-order valence-corrected chi connectivity index (χ2v) is 8.19. The Morgan fingerprint density at radius 1 is 0.724 bits per heavy atom. The van der Waals surface area contributed by atoms with E-state index in [0.717, 1.165) is 55.9 Å². The Labute approximate surface area is 183 Å². The predicted molar refractivity (Wildman–Crippen MR) is 122 cm³/mol. The molecule has 29 heavy (non-hydrogen) atoms. The van der Waals surface area contributed by atoms with Crippen molar-refractivity contribution in [2.75, 3.05) is 14.2 Å². The molecule has 0 aliphatic rings. The van der Waals surface area contributed by atoms with E-state index in [0.29, 0.717) is 10.3 Å². The van der Waals surface area contributed by atoms with Gasteiger partial charge in [-0.05, 0) is 36.4 Å². The quantitative estimate of drug-likeness (QED) is 0.315. The number of thioether (sulfide) groups is 1. The maximum absolute atomic E-state index is 6.40. The highest BCUT2D eigenvalue weighted by atomic mass is 35.5. The van der Waals surface area contributed by atoms with Crippen LogP contribution in [0.5, 0.6) is 11.5 Å². The van der Waals surface area contributed by atoms with Gasteiger partial charge in [-0.25, -0.2) is 9.97 Å². The Hall–Kier alpha value is -2.21. The van der Waals surface area contributed by atoms with Crippen molar-refractivity contribution >= 4 is 56.8 Å². The summed E-state index contributed by atoms with van der Waals surface area (Å²) in [5.41, 5.74) is 3.62. The number of benzene rings is 2. The maximum atomic E-state index is 6.40. The molecule has 0 amide bonds. The Kier molecular flexibility index (Phi) is 5.99. The van der Waals surface area contributed by atoms with Crippen molar-refractivity contribution in [2.24, 2.45) is 0 Å². The van der Waals surface area contributed by atoms with Crippen LogP contribution in [0.3, 0.4) is 0 Å². The molecule has 0 spiro atoms. The molecular formula is C22H18Cl2N2O2S. The molecule has 0 aliphatic carbocycles. The number of hydrogen-bond acceptors (Lipinski definition) is 5. The molecule has 0 N–H and O–H groups in total. The minimum atomic E-state index is 0.507. The van der Waals surface area contributed by atoms with E-state index in [2.05, 4.69) is 22.1 Å². The topological polar surface area (TPSA) is 44.2 Å². The van der Waals surface area contributed by atoms with E-state index in [4.69, 9.17) is 32.7 Å². The molecule has 2 heterocycles. The van der Waals surface area contributed by atoms with Crippen molar-refractivity contribution < 1.29 is 9.47 Å². The summed E-state index contributed by atoms with van der Waals surface area (Å²) in [7, 11) is 3.27. The third-order valence-corrected chi connectivity index (χ3v) is 6.30. The second kappa shape index (κ2) is 8.66. The van der Waals surface area contributed by atoms with E-state index < -0.39 is 0 Å². The molecule has 0 bridgehead atoms. The van der Waals surface area contributed by atoms with Gasteiger partial charge in [0.05, 0.1) is 25.3 Å². The highest BCUT2D eigenvalue weighted by Gasteiger charge is 2.10. The molecule has 0 saturated heterocycles. The van der Waals surface area contributed by atoms with Gasteiger partial charge in [-0.15, -0.1) is 0 Å². The molecule has 2 aromatic heterocycles. The maximum Gasteiger partial charge on any atom is 0.133 e. The zero-order valence-electron chi connectivity index (χ0n) is 15.9. The van der Waals surface area contributed by atoms with Crippen LogP contribution in [0.2, 0.25) is 10.3 Å². The van der Waals surface area contributed by atoms with Gasteiger partial charge in [0.1, 0.15) is 21.8 Å². The van der Waals surface area contributed by atoms with E-state index in [1.54, 1.807) is 26.0 Å². The van der Waals surface area contributed by atoms with E-state index in [-0.39, 0.29) is 0 Å². The largest absolute Gasteiger partial charge is 0.497 e. The molecule has 0 unspecified atom stereocenters. The van der Waals surface area contributed by atoms with Crippen LogP contribution in [0.4, 0.5) is 0 Å². The van der Waals surface area contributed by atoms with Gasteiger partial charge in [-0.1, -0.05) is 23.2 Å². The highest BCUT2D eigenvalue weighted by Crippen LogP contribution is 2.30. The normalized spacial score (nSPS) is 11.2. The molecule has 7 heteroatoms. The third kappa shape index (κ3) is 4.37. The summed E-state index contributed by atoms with van der Waals surface area (Å²) in [5, 5.41) is 3.08. The molecule has 4 rings (SSSR count). The van der Waals surface area contributed by atoms with Crippen LogP contribution in [0.15, 0.2) is 48.5 Å². The number of halogens is 2. The lowest BCUT2D eigenvalue weighted by Crippen LogP contribution is -1.93. The smallest absolute Gasteiger partial charge is 0.133 e. The zero-order chi connectivity index (χ0) is 20.4. The first-order chi connectivity index (χ1) is 14.1. The predicted octanol–water partition coefficient (Wildman–Crippen LogP) is 6.54. The molecule has 2 aromatic carbocycles. The fourth-order valence-corrected chi connectivity index (χ4v) is 4.63. The van der Waals surface area contributed by atoms with Crippen LogP contribution in [-0.4, -0.2) is 24.2 Å². The lowest BCUT2D eigenvalue weighted by Gasteiger charge is -2.09. The van der Waals surface area contributed by atoms with Crippen LogP contribution in [0, 0.1) is 0 Å². The third-order valence-electron chi connectivity index (χ3n) is 4.62. The monoisotopic (exact) mass is 444 g/mol. The molecule has 148 valence electrons. The van der Waals surface area contributed by atoms with Crippen LogP contribution in [0.25, 0.3) is 21.8 Å². The number of nitrogens with zero attached hydrogens (tertiary/aromatic N) is 2. The molecule has 0 radical (unpaired) electrons. The SMILES string of the molecule is COc1ccc2cc(CSCc3cc4ccc(OC)cc4nc3Cl)c(Cl)nc2c1. The number of hydrogen-bond donors (Lipinski definition) is 0. The first-order valence-electron chi connectivity index (χ1n) is 8.91. The van der Waals surface area contributed by atoms with Gasteiger partial charge in [-0.2, -0.15) is 11.8 Å². The summed E-state index contributed by atoms with van der Waals surface area (Å²) in [5.74, 6) is 2.98. The number of pyridine rings is 2. The Morgan fingerprint density at radius 2 is 1.17 bits per heavy atom. The number of aromatic nitrogens is 2. The molecule has 0 aliphatic heterocycles. The van der Waals surface area contributed by atoms with Crippen molar-refractivity contribution in [1.82, 2.24) is 9.97 Å². The van der Waals surface area contributed by atoms with Gasteiger partial charge in [0.25, 0.3) is 0 Å². The zero-order valence-corrected chi connectivity index (χ0v) is 18.2. The highest BCUT2D eigenvalue weighted by molar-refractivity contribution is 7.97. The van der Waals surface area contributed by atoms with Crippen LogP contribution in [-0.2, 0) is 11.5 Å². The van der Waals surface area contributed by atoms with Gasteiger partial charge in [-0.3, -0.25) is 0 Å². The standard InChI is InChI=1S/C22H18Cl2N2O2S/c1-27-17-5-3-13-7-15(21(23)25-19(13)9-17)11-29-12-16-8-14-4-6-18(28-2)10-20(14)26-22(16)24/h3-10H,11-12H2,1-2H3. The molecular weight excluding hydrogens is 427 g/mol. The van der Waals surface area contributed by atoms with E-state index in [1.807, 2.05) is 36.4 Å². The van der Waals surface area contributed by atoms with E-state index in [1.165, 1.54) is 0 Å². The van der Waals surface area contributed by atoms with Crippen molar-refractivity contribution in [3.8, 4) is 11.5 Å².